The fraction of sp³-hybridized carbons (Fsp3) is 0.269. The smallest absolute Gasteiger partial charge is 0.251 e. The molecular weight excluding hydrogens is 490 g/mol. The van der Waals surface area contributed by atoms with Crippen LogP contribution in [0.5, 0.6) is 0 Å². The predicted molar refractivity (Wildman–Crippen MR) is 146 cm³/mol. The lowest BCUT2D eigenvalue weighted by Crippen LogP contribution is -2.39. The molecule has 37 heavy (non-hydrogen) atoms. The highest BCUT2D eigenvalue weighted by atomic mass is 32.2. The van der Waals surface area contributed by atoms with Gasteiger partial charge in [0.05, 0.1) is 17.3 Å². The number of carbonyl (C=O) groups is 1. The number of para-hydroxylation sites is 1. The number of hydrogen-bond donors (Lipinski definition) is 4. The molecular formula is C26H29N7O3S. The van der Waals surface area contributed by atoms with Crippen LogP contribution in [0.2, 0.25) is 0 Å². The number of anilines is 4. The second kappa shape index (κ2) is 10.1. The molecule has 1 fully saturated rings. The maximum atomic E-state index is 12.6. The van der Waals surface area contributed by atoms with E-state index >= 15 is 0 Å². The molecule has 1 aliphatic carbocycles. The summed E-state index contributed by atoms with van der Waals surface area (Å²) in [5.41, 5.74) is 3.30. The van der Waals surface area contributed by atoms with Crippen molar-refractivity contribution >= 4 is 50.1 Å². The molecule has 0 unspecified atom stereocenters. The number of aromatic nitrogens is 3. The lowest BCUT2D eigenvalue weighted by atomic mass is 9.93. The molecule has 1 amide bonds. The summed E-state index contributed by atoms with van der Waals surface area (Å²) in [6.07, 6.45) is 6.17. The van der Waals surface area contributed by atoms with Crippen molar-refractivity contribution in [2.24, 2.45) is 0 Å². The van der Waals surface area contributed by atoms with Gasteiger partial charge in [-0.1, -0.05) is 24.3 Å². The van der Waals surface area contributed by atoms with Crippen LogP contribution in [0.15, 0.2) is 60.8 Å². The molecule has 2 aromatic heterocycles. The Balaban J connectivity index is 1.37. The largest absolute Gasteiger partial charge is 0.365 e. The molecule has 0 aliphatic heterocycles. The predicted octanol–water partition coefficient (Wildman–Crippen LogP) is 3.99. The molecule has 0 bridgehead atoms. The zero-order valence-corrected chi connectivity index (χ0v) is 21.5. The van der Waals surface area contributed by atoms with Crippen LogP contribution in [-0.2, 0) is 16.6 Å². The number of rotatable bonds is 9. The Morgan fingerprint density at radius 3 is 2.68 bits per heavy atom. The van der Waals surface area contributed by atoms with Gasteiger partial charge in [-0.15, -0.1) is 0 Å². The molecule has 4 aromatic rings. The molecule has 0 atom stereocenters. The highest BCUT2D eigenvalue weighted by Gasteiger charge is 2.20. The summed E-state index contributed by atoms with van der Waals surface area (Å²) in [5.74, 6) is 0.856. The zero-order valence-electron chi connectivity index (χ0n) is 20.7. The van der Waals surface area contributed by atoms with Crippen LogP contribution < -0.4 is 20.3 Å². The van der Waals surface area contributed by atoms with Crippen LogP contribution in [-0.4, -0.2) is 48.6 Å². The molecule has 10 nitrogen and oxygen atoms in total. The monoisotopic (exact) mass is 519 g/mol. The first kappa shape index (κ1) is 24.6. The lowest BCUT2D eigenvalue weighted by molar-refractivity contribution is 0.0917. The van der Waals surface area contributed by atoms with Gasteiger partial charge >= 0.3 is 0 Å². The fourth-order valence-electron chi connectivity index (χ4n) is 4.15. The molecule has 1 aliphatic rings. The summed E-state index contributed by atoms with van der Waals surface area (Å²) in [7, 11) is -1.87. The molecule has 4 N–H and O–H groups in total. The third-order valence-corrected chi connectivity index (χ3v) is 7.70. The van der Waals surface area contributed by atoms with Crippen LogP contribution in [0.4, 0.5) is 23.1 Å². The topological polar surface area (TPSA) is 132 Å². The molecule has 2 aromatic carbocycles. The maximum absolute atomic E-state index is 12.6. The molecule has 192 valence electrons. The second-order valence-corrected chi connectivity index (χ2v) is 11.2. The van der Waals surface area contributed by atoms with Crippen LogP contribution in [0.3, 0.4) is 0 Å². The van der Waals surface area contributed by atoms with Gasteiger partial charge in [0.25, 0.3) is 5.91 Å². The number of hydrogen-bond acceptors (Lipinski definition) is 7. The quantitative estimate of drug-likeness (QED) is 0.263. The van der Waals surface area contributed by atoms with Gasteiger partial charge in [0.15, 0.2) is 0 Å². The van der Waals surface area contributed by atoms with Gasteiger partial charge in [-0.25, -0.2) is 8.42 Å². The van der Waals surface area contributed by atoms with Crippen LogP contribution >= 0.6 is 0 Å². The molecule has 0 spiro atoms. The number of nitrogens with one attached hydrogen (secondary N) is 4. The van der Waals surface area contributed by atoms with Gasteiger partial charge in [-0.3, -0.25) is 9.10 Å². The van der Waals surface area contributed by atoms with E-state index in [1.807, 2.05) is 30.3 Å². The maximum Gasteiger partial charge on any atom is 0.251 e. The molecule has 2 heterocycles. The van der Waals surface area contributed by atoms with Crippen LogP contribution in [0.1, 0.15) is 35.2 Å². The summed E-state index contributed by atoms with van der Waals surface area (Å²) in [6.45, 7) is 0.351. The van der Waals surface area contributed by atoms with E-state index in [4.69, 9.17) is 0 Å². The van der Waals surface area contributed by atoms with E-state index < -0.39 is 10.0 Å². The SMILES string of the molecule is CN(c1ccccc1CNc1nc(Nc2cccc(C(=O)NC3CCC3)c2)nc2[nH]ccc12)S(C)(=O)=O. The van der Waals surface area contributed by atoms with E-state index in [-0.39, 0.29) is 11.9 Å². The van der Waals surface area contributed by atoms with Gasteiger partial charge in [-0.2, -0.15) is 9.97 Å². The van der Waals surface area contributed by atoms with Gasteiger partial charge in [0, 0.05) is 37.1 Å². The van der Waals surface area contributed by atoms with E-state index in [0.29, 0.717) is 40.9 Å². The minimum atomic E-state index is -3.41. The summed E-state index contributed by atoms with van der Waals surface area (Å²) >= 11 is 0. The van der Waals surface area contributed by atoms with Crippen LogP contribution in [0.25, 0.3) is 11.0 Å². The molecule has 11 heteroatoms. The lowest BCUT2D eigenvalue weighted by Gasteiger charge is -2.26. The highest BCUT2D eigenvalue weighted by Crippen LogP contribution is 2.26. The Bertz CT molecular complexity index is 1550. The third kappa shape index (κ3) is 5.51. The number of benzene rings is 2. The van der Waals surface area contributed by atoms with Crippen molar-refractivity contribution in [1.29, 1.82) is 0 Å². The minimum absolute atomic E-state index is 0.0887. The Hall–Kier alpha value is -4.12. The summed E-state index contributed by atoms with van der Waals surface area (Å²) in [6, 6.07) is 16.7. The van der Waals surface area contributed by atoms with Crippen molar-refractivity contribution in [3.05, 3.63) is 71.9 Å². The normalized spacial score (nSPS) is 13.7. The van der Waals surface area contributed by atoms with Crippen LogP contribution in [0, 0.1) is 0 Å². The molecule has 0 radical (unpaired) electrons. The van der Waals surface area contributed by atoms with Crippen molar-refractivity contribution in [1.82, 2.24) is 20.3 Å². The van der Waals surface area contributed by atoms with Gasteiger partial charge < -0.3 is 20.9 Å². The van der Waals surface area contributed by atoms with Crippen molar-refractivity contribution < 1.29 is 13.2 Å². The number of fused-ring (bicyclic) bond motifs is 1. The van der Waals surface area contributed by atoms with Crippen molar-refractivity contribution in [2.45, 2.75) is 31.8 Å². The minimum Gasteiger partial charge on any atom is -0.365 e. The Morgan fingerprint density at radius 2 is 1.92 bits per heavy atom. The van der Waals surface area contributed by atoms with E-state index in [2.05, 4.69) is 30.9 Å². The Morgan fingerprint density at radius 1 is 1.11 bits per heavy atom. The van der Waals surface area contributed by atoms with Crippen molar-refractivity contribution in [3.63, 3.8) is 0 Å². The molecule has 1 saturated carbocycles. The van der Waals surface area contributed by atoms with Crippen molar-refractivity contribution in [2.75, 3.05) is 28.2 Å². The summed E-state index contributed by atoms with van der Waals surface area (Å²) in [5, 5.41) is 10.4. The van der Waals surface area contributed by atoms with Gasteiger partial charge in [0.1, 0.15) is 11.5 Å². The summed E-state index contributed by atoms with van der Waals surface area (Å²) < 4.78 is 25.5. The second-order valence-electron chi connectivity index (χ2n) is 9.16. The van der Waals surface area contributed by atoms with E-state index in [9.17, 15) is 13.2 Å². The number of sulfonamides is 1. The molecule has 0 saturated heterocycles. The number of H-pyrrole nitrogens is 1. The average Bonchev–Trinajstić information content (AvgIpc) is 3.33. The van der Waals surface area contributed by atoms with Crippen molar-refractivity contribution in [3.8, 4) is 0 Å². The van der Waals surface area contributed by atoms with E-state index in [1.165, 1.54) is 17.6 Å². The van der Waals surface area contributed by atoms with E-state index in [1.54, 1.807) is 30.5 Å². The van der Waals surface area contributed by atoms with Gasteiger partial charge in [-0.05, 0) is 55.2 Å². The van der Waals surface area contributed by atoms with E-state index in [0.717, 1.165) is 30.2 Å². The fourth-order valence-corrected chi connectivity index (χ4v) is 4.68. The first-order chi connectivity index (χ1) is 17.8. The Labute approximate surface area is 215 Å². The van der Waals surface area contributed by atoms with Gasteiger partial charge in [0.2, 0.25) is 16.0 Å². The third-order valence-electron chi connectivity index (χ3n) is 6.51. The number of carbonyl (C=O) groups excluding carboxylic acids is 1. The Kier molecular flexibility index (Phi) is 6.70. The standard InChI is InChI=1S/C26H29N7O3S/c1-33(37(2,35)36)22-12-4-3-7-18(22)16-28-24-21-13-14-27-23(21)31-26(32-24)30-20-11-5-8-17(15-20)25(34)29-19-9-6-10-19/h3-5,7-8,11-15,19H,6,9-10,16H2,1-2H3,(H,29,34)(H3,27,28,30,31,32). The zero-order chi connectivity index (χ0) is 26.0. The number of amides is 1. The molecule has 5 rings (SSSR count). The number of nitrogens with zero attached hydrogens (tertiary/aromatic N) is 3. The average molecular weight is 520 g/mol. The number of aromatic amines is 1. The highest BCUT2D eigenvalue weighted by molar-refractivity contribution is 7.92. The first-order valence-corrected chi connectivity index (χ1v) is 13.9. The first-order valence-electron chi connectivity index (χ1n) is 12.1. The summed E-state index contributed by atoms with van der Waals surface area (Å²) in [4.78, 5) is 24.9.